The zero-order chi connectivity index (χ0) is 18.3. The molecule has 0 atom stereocenters. The van der Waals surface area contributed by atoms with Gasteiger partial charge in [0.05, 0.1) is 13.1 Å². The summed E-state index contributed by atoms with van der Waals surface area (Å²) in [5.41, 5.74) is 2.58. The number of hydrogen-bond acceptors (Lipinski definition) is 5. The molecule has 5 nitrogen and oxygen atoms in total. The molecule has 0 spiro atoms. The van der Waals surface area contributed by atoms with E-state index in [4.69, 9.17) is 4.74 Å². The molecule has 0 bridgehead atoms. The van der Waals surface area contributed by atoms with Crippen LogP contribution in [-0.2, 0) is 16.1 Å². The predicted molar refractivity (Wildman–Crippen MR) is 101 cm³/mol. The fourth-order valence-corrected chi connectivity index (χ4v) is 4.22. The summed E-state index contributed by atoms with van der Waals surface area (Å²) in [7, 11) is 0. The molecule has 6 heteroatoms. The van der Waals surface area contributed by atoms with Crippen molar-refractivity contribution in [2.45, 2.75) is 13.5 Å². The van der Waals surface area contributed by atoms with Crippen molar-refractivity contribution in [2.24, 2.45) is 0 Å². The van der Waals surface area contributed by atoms with Crippen LogP contribution in [0.15, 0.2) is 41.8 Å². The highest BCUT2D eigenvalue weighted by molar-refractivity contribution is 7.17. The molecular formula is C20H17NO4S. The number of hydrogen-bond donors (Lipinski definition) is 1. The Morgan fingerprint density at radius 2 is 2.04 bits per heavy atom. The number of aromatic hydroxyl groups is 1. The average Bonchev–Trinajstić information content (AvgIpc) is 2.93. The molecule has 2 aromatic carbocycles. The second-order valence-electron chi connectivity index (χ2n) is 6.26. The van der Waals surface area contributed by atoms with Gasteiger partial charge in [0.2, 0.25) is 5.78 Å². The predicted octanol–water partition coefficient (Wildman–Crippen LogP) is 3.58. The van der Waals surface area contributed by atoms with Crippen LogP contribution in [0.25, 0.3) is 21.2 Å². The first-order valence-electron chi connectivity index (χ1n) is 8.29. The maximum Gasteiger partial charge on any atom is 0.290 e. The number of fused-ring (bicyclic) bond motifs is 2. The second kappa shape index (κ2) is 6.46. The standard InChI is InChI=1S/C20H17NO4S/c1-12(22)20(24)21-6-7-25-19-14(10-21)8-13(9-17(19)23)16-11-26-18-5-3-2-4-15(16)18/h2-5,8-9,11,23H,6-7,10H2,1H3. The molecule has 132 valence electrons. The van der Waals surface area contributed by atoms with Crippen molar-refractivity contribution in [3.05, 3.63) is 47.3 Å². The Morgan fingerprint density at radius 1 is 1.23 bits per heavy atom. The van der Waals surface area contributed by atoms with Crippen LogP contribution >= 0.6 is 11.3 Å². The van der Waals surface area contributed by atoms with Gasteiger partial charge in [0.1, 0.15) is 6.61 Å². The summed E-state index contributed by atoms with van der Waals surface area (Å²) in [6.45, 7) is 2.04. The highest BCUT2D eigenvalue weighted by Gasteiger charge is 2.25. The van der Waals surface area contributed by atoms with E-state index < -0.39 is 11.7 Å². The van der Waals surface area contributed by atoms with Gasteiger partial charge in [-0.2, -0.15) is 0 Å². The van der Waals surface area contributed by atoms with Crippen LogP contribution < -0.4 is 4.74 Å². The van der Waals surface area contributed by atoms with Gasteiger partial charge in [0.25, 0.3) is 5.91 Å². The number of thiophene rings is 1. The average molecular weight is 367 g/mol. The van der Waals surface area contributed by atoms with Crippen LogP contribution in [0.4, 0.5) is 0 Å². The molecule has 0 radical (unpaired) electrons. The molecule has 3 aromatic rings. The number of carbonyl (C=O) groups excluding carboxylic acids is 2. The van der Waals surface area contributed by atoms with E-state index in [1.54, 1.807) is 17.4 Å². The SMILES string of the molecule is CC(=O)C(=O)N1CCOc2c(O)cc(-c3csc4ccccc34)cc2C1. The van der Waals surface area contributed by atoms with Crippen LogP contribution in [0.5, 0.6) is 11.5 Å². The Kier molecular flexibility index (Phi) is 4.12. The summed E-state index contributed by atoms with van der Waals surface area (Å²) >= 11 is 1.64. The number of phenols is 1. The summed E-state index contributed by atoms with van der Waals surface area (Å²) in [5, 5.41) is 13.6. The fourth-order valence-electron chi connectivity index (χ4n) is 3.25. The van der Waals surface area contributed by atoms with Crippen molar-refractivity contribution in [3.8, 4) is 22.6 Å². The Labute approximate surface area is 154 Å². The summed E-state index contributed by atoms with van der Waals surface area (Å²) in [4.78, 5) is 25.0. The maximum atomic E-state index is 12.1. The van der Waals surface area contributed by atoms with Crippen molar-refractivity contribution in [3.63, 3.8) is 0 Å². The summed E-state index contributed by atoms with van der Waals surface area (Å²) in [6.07, 6.45) is 0. The first-order valence-corrected chi connectivity index (χ1v) is 9.17. The van der Waals surface area contributed by atoms with Gasteiger partial charge in [-0.25, -0.2) is 0 Å². The van der Waals surface area contributed by atoms with Crippen LogP contribution in [0.3, 0.4) is 0 Å². The summed E-state index contributed by atoms with van der Waals surface area (Å²) in [6, 6.07) is 11.7. The van der Waals surface area contributed by atoms with Crippen LogP contribution in [0.2, 0.25) is 0 Å². The Balaban J connectivity index is 1.80. The monoisotopic (exact) mass is 367 g/mol. The van der Waals surface area contributed by atoms with E-state index in [1.807, 2.05) is 24.3 Å². The smallest absolute Gasteiger partial charge is 0.290 e. The van der Waals surface area contributed by atoms with Gasteiger partial charge < -0.3 is 14.7 Å². The molecule has 26 heavy (non-hydrogen) atoms. The van der Waals surface area contributed by atoms with Gasteiger partial charge in [0, 0.05) is 28.1 Å². The van der Waals surface area contributed by atoms with Crippen molar-refractivity contribution >= 4 is 33.1 Å². The molecule has 1 aromatic heterocycles. The number of phenolic OH excluding ortho intramolecular Hbond substituents is 1. The first kappa shape index (κ1) is 16.6. The first-order chi connectivity index (χ1) is 12.5. The number of nitrogens with zero attached hydrogens (tertiary/aromatic N) is 1. The minimum Gasteiger partial charge on any atom is -0.504 e. The Morgan fingerprint density at radius 3 is 2.85 bits per heavy atom. The zero-order valence-electron chi connectivity index (χ0n) is 14.2. The Hall–Kier alpha value is -2.86. The molecule has 0 unspecified atom stereocenters. The van der Waals surface area contributed by atoms with Gasteiger partial charge in [-0.15, -0.1) is 11.3 Å². The molecule has 1 aliphatic rings. The van der Waals surface area contributed by atoms with Crippen molar-refractivity contribution < 1.29 is 19.4 Å². The molecule has 1 amide bonds. The minimum atomic E-state index is -0.535. The lowest BCUT2D eigenvalue weighted by atomic mass is 10.0. The third-order valence-electron chi connectivity index (χ3n) is 4.50. The summed E-state index contributed by atoms with van der Waals surface area (Å²) in [5.74, 6) is -0.609. The molecule has 2 heterocycles. The van der Waals surface area contributed by atoms with Crippen LogP contribution in [-0.4, -0.2) is 34.8 Å². The number of carbonyl (C=O) groups is 2. The van der Waals surface area contributed by atoms with Crippen molar-refractivity contribution in [2.75, 3.05) is 13.2 Å². The highest BCUT2D eigenvalue weighted by atomic mass is 32.1. The molecule has 1 N–H and O–H groups in total. The Bertz CT molecular complexity index is 1020. The largest absolute Gasteiger partial charge is 0.504 e. The van der Waals surface area contributed by atoms with Gasteiger partial charge >= 0.3 is 0 Å². The van der Waals surface area contributed by atoms with E-state index in [9.17, 15) is 14.7 Å². The number of rotatable bonds is 2. The van der Waals surface area contributed by atoms with E-state index in [0.717, 1.165) is 16.5 Å². The highest BCUT2D eigenvalue weighted by Crippen LogP contribution is 2.41. The van der Waals surface area contributed by atoms with Crippen LogP contribution in [0.1, 0.15) is 12.5 Å². The molecule has 4 rings (SSSR count). The van der Waals surface area contributed by atoms with Gasteiger partial charge in [-0.1, -0.05) is 18.2 Å². The van der Waals surface area contributed by atoms with Crippen LogP contribution in [0, 0.1) is 0 Å². The van der Waals surface area contributed by atoms with Gasteiger partial charge in [0.15, 0.2) is 11.5 Å². The zero-order valence-corrected chi connectivity index (χ0v) is 15.0. The summed E-state index contributed by atoms with van der Waals surface area (Å²) < 4.78 is 6.81. The molecule has 0 aliphatic carbocycles. The maximum absolute atomic E-state index is 12.1. The number of benzene rings is 2. The molecular weight excluding hydrogens is 350 g/mol. The van der Waals surface area contributed by atoms with E-state index in [0.29, 0.717) is 17.9 Å². The number of ether oxygens (including phenoxy) is 1. The fraction of sp³-hybridized carbons (Fsp3) is 0.200. The lowest BCUT2D eigenvalue weighted by Crippen LogP contribution is -2.36. The molecule has 0 fully saturated rings. The minimum absolute atomic E-state index is 0.0462. The molecule has 0 saturated heterocycles. The van der Waals surface area contributed by atoms with Gasteiger partial charge in [-0.05, 0) is 29.1 Å². The van der Waals surface area contributed by atoms with E-state index in [1.165, 1.54) is 16.5 Å². The molecule has 1 aliphatic heterocycles. The van der Waals surface area contributed by atoms with E-state index in [-0.39, 0.29) is 18.9 Å². The normalized spacial score (nSPS) is 13.8. The van der Waals surface area contributed by atoms with Crippen molar-refractivity contribution in [1.82, 2.24) is 4.90 Å². The second-order valence-corrected chi connectivity index (χ2v) is 7.17. The lowest BCUT2D eigenvalue weighted by molar-refractivity contribution is -0.144. The third kappa shape index (κ3) is 2.82. The van der Waals surface area contributed by atoms with E-state index in [2.05, 4.69) is 11.4 Å². The van der Waals surface area contributed by atoms with E-state index >= 15 is 0 Å². The lowest BCUT2D eigenvalue weighted by Gasteiger charge is -2.18. The van der Waals surface area contributed by atoms with Gasteiger partial charge in [-0.3, -0.25) is 9.59 Å². The topological polar surface area (TPSA) is 66.8 Å². The quantitative estimate of drug-likeness (QED) is 0.703. The van der Waals surface area contributed by atoms with Crippen molar-refractivity contribution in [1.29, 1.82) is 0 Å². The molecule has 0 saturated carbocycles. The number of amides is 1. The number of Topliss-reactive ketones (excluding diaryl/α,β-unsaturated/α-hetero) is 1. The third-order valence-corrected chi connectivity index (χ3v) is 5.46. The number of ketones is 1.